The van der Waals surface area contributed by atoms with Crippen molar-refractivity contribution >= 4 is 33.6 Å². The highest BCUT2D eigenvalue weighted by Gasteiger charge is 2.20. The van der Waals surface area contributed by atoms with Crippen LogP contribution in [0.4, 0.5) is 5.13 Å². The van der Waals surface area contributed by atoms with Gasteiger partial charge in [-0.3, -0.25) is 0 Å². The van der Waals surface area contributed by atoms with Gasteiger partial charge >= 0.3 is 0 Å². The molecule has 1 aliphatic heterocycles. The number of hydrogen-bond acceptors (Lipinski definition) is 3. The van der Waals surface area contributed by atoms with Gasteiger partial charge in [0.15, 0.2) is 5.13 Å². The molecule has 1 aliphatic rings. The Bertz CT molecular complexity index is 604. The monoisotopic (exact) mass is 290 g/mol. The zero-order valence-corrected chi connectivity index (χ0v) is 12.3. The van der Waals surface area contributed by atoms with E-state index >= 15 is 0 Å². The second-order valence-corrected chi connectivity index (χ2v) is 5.97. The molecule has 98 valence electrons. The highest BCUT2D eigenvalue weighted by molar-refractivity contribution is 7.14. The van der Waals surface area contributed by atoms with Crippen LogP contribution in [-0.2, 0) is 0 Å². The summed E-state index contributed by atoms with van der Waals surface area (Å²) in [5.74, 6) is 0. The average molecular weight is 291 g/mol. The number of benzene rings is 1. The standard InChI is InChI=1S/C15H15ClN2S/c1-11-7-8-18(15-17-14(16)10-19-15)9-13(11)12-5-3-2-4-6-12/h2-6,10H,7-9H2,1H3. The van der Waals surface area contributed by atoms with Crippen LogP contribution in [0.3, 0.4) is 0 Å². The molecule has 19 heavy (non-hydrogen) atoms. The zero-order chi connectivity index (χ0) is 13.2. The summed E-state index contributed by atoms with van der Waals surface area (Å²) < 4.78 is 0. The van der Waals surface area contributed by atoms with Crippen molar-refractivity contribution in [2.45, 2.75) is 13.3 Å². The molecule has 0 amide bonds. The van der Waals surface area contributed by atoms with Crippen LogP contribution in [-0.4, -0.2) is 18.1 Å². The van der Waals surface area contributed by atoms with Crippen molar-refractivity contribution in [3.8, 4) is 0 Å². The van der Waals surface area contributed by atoms with E-state index in [1.165, 1.54) is 16.7 Å². The summed E-state index contributed by atoms with van der Waals surface area (Å²) >= 11 is 7.54. The summed E-state index contributed by atoms with van der Waals surface area (Å²) in [7, 11) is 0. The predicted molar refractivity (Wildman–Crippen MR) is 83.0 cm³/mol. The summed E-state index contributed by atoms with van der Waals surface area (Å²) in [6.45, 7) is 4.17. The fourth-order valence-electron chi connectivity index (χ4n) is 2.39. The second kappa shape index (κ2) is 5.35. The van der Waals surface area contributed by atoms with Gasteiger partial charge in [0.2, 0.25) is 0 Å². The highest BCUT2D eigenvalue weighted by Crippen LogP contribution is 2.31. The van der Waals surface area contributed by atoms with Crippen molar-refractivity contribution in [3.05, 3.63) is 52.0 Å². The molecule has 0 aliphatic carbocycles. The quantitative estimate of drug-likeness (QED) is 0.811. The third kappa shape index (κ3) is 2.67. The lowest BCUT2D eigenvalue weighted by atomic mass is 9.95. The third-order valence-corrected chi connectivity index (χ3v) is 4.70. The Kier molecular flexibility index (Phi) is 3.58. The number of aromatic nitrogens is 1. The van der Waals surface area contributed by atoms with Crippen LogP contribution in [0.1, 0.15) is 18.9 Å². The summed E-state index contributed by atoms with van der Waals surface area (Å²) in [6.07, 6.45) is 1.08. The lowest BCUT2D eigenvalue weighted by Crippen LogP contribution is -2.30. The van der Waals surface area contributed by atoms with E-state index in [0.29, 0.717) is 5.15 Å². The normalized spacial score (nSPS) is 16.0. The van der Waals surface area contributed by atoms with Gasteiger partial charge in [0.1, 0.15) is 5.15 Å². The topological polar surface area (TPSA) is 16.1 Å². The first-order valence-electron chi connectivity index (χ1n) is 6.34. The zero-order valence-electron chi connectivity index (χ0n) is 10.8. The van der Waals surface area contributed by atoms with E-state index in [-0.39, 0.29) is 0 Å². The molecule has 0 unspecified atom stereocenters. The SMILES string of the molecule is CC1=C(c2ccccc2)CN(c2nc(Cl)cs2)CC1. The smallest absolute Gasteiger partial charge is 0.187 e. The molecule has 0 atom stereocenters. The van der Waals surface area contributed by atoms with Crippen molar-refractivity contribution in [2.24, 2.45) is 0 Å². The molecule has 3 rings (SSSR count). The van der Waals surface area contributed by atoms with Crippen molar-refractivity contribution < 1.29 is 0 Å². The molecule has 0 N–H and O–H groups in total. The Balaban J connectivity index is 1.89. The summed E-state index contributed by atoms with van der Waals surface area (Å²) in [5.41, 5.74) is 4.20. The van der Waals surface area contributed by atoms with Crippen LogP contribution >= 0.6 is 22.9 Å². The largest absolute Gasteiger partial charge is 0.343 e. The summed E-state index contributed by atoms with van der Waals surface area (Å²) in [6, 6.07) is 10.6. The molecule has 2 nitrogen and oxygen atoms in total. The highest BCUT2D eigenvalue weighted by atomic mass is 35.5. The Morgan fingerprint density at radius 2 is 2.05 bits per heavy atom. The molecule has 0 fully saturated rings. The fourth-order valence-corrected chi connectivity index (χ4v) is 3.36. The minimum atomic E-state index is 0.590. The van der Waals surface area contributed by atoms with Crippen molar-refractivity contribution in [2.75, 3.05) is 18.0 Å². The first kappa shape index (κ1) is 12.7. The van der Waals surface area contributed by atoms with Crippen LogP contribution in [0, 0.1) is 0 Å². The third-order valence-electron chi connectivity index (χ3n) is 3.48. The van der Waals surface area contributed by atoms with Gasteiger partial charge in [-0.2, -0.15) is 0 Å². The fraction of sp³-hybridized carbons (Fsp3) is 0.267. The number of nitrogens with zero attached hydrogens (tertiary/aromatic N) is 2. The van der Waals surface area contributed by atoms with Crippen molar-refractivity contribution in [1.82, 2.24) is 4.98 Å². The van der Waals surface area contributed by atoms with Gasteiger partial charge in [0.05, 0.1) is 0 Å². The van der Waals surface area contributed by atoms with Crippen molar-refractivity contribution in [1.29, 1.82) is 0 Å². The van der Waals surface area contributed by atoms with Gasteiger partial charge in [0, 0.05) is 18.5 Å². The lowest BCUT2D eigenvalue weighted by Gasteiger charge is -2.29. The molecular weight excluding hydrogens is 276 g/mol. The number of thiazole rings is 1. The molecule has 0 spiro atoms. The van der Waals surface area contributed by atoms with Gasteiger partial charge in [-0.15, -0.1) is 11.3 Å². The molecule has 4 heteroatoms. The Morgan fingerprint density at radius 3 is 2.74 bits per heavy atom. The van der Waals surface area contributed by atoms with E-state index in [4.69, 9.17) is 11.6 Å². The minimum Gasteiger partial charge on any atom is -0.343 e. The molecule has 0 radical (unpaired) electrons. The lowest BCUT2D eigenvalue weighted by molar-refractivity contribution is 0.796. The van der Waals surface area contributed by atoms with Gasteiger partial charge in [-0.05, 0) is 24.5 Å². The van der Waals surface area contributed by atoms with Crippen LogP contribution < -0.4 is 4.90 Å². The van der Waals surface area contributed by atoms with E-state index in [1.807, 2.05) is 5.38 Å². The number of rotatable bonds is 2. The summed E-state index contributed by atoms with van der Waals surface area (Å²) in [5, 5.41) is 3.50. The molecule has 1 aromatic heterocycles. The molecule has 2 aromatic rings. The first-order valence-corrected chi connectivity index (χ1v) is 7.60. The molecule has 0 bridgehead atoms. The van der Waals surface area contributed by atoms with E-state index in [1.54, 1.807) is 11.3 Å². The van der Waals surface area contributed by atoms with Gasteiger partial charge in [-0.25, -0.2) is 4.98 Å². The maximum Gasteiger partial charge on any atom is 0.187 e. The first-order chi connectivity index (χ1) is 9.24. The molecule has 0 saturated carbocycles. The maximum absolute atomic E-state index is 5.92. The van der Waals surface area contributed by atoms with Gasteiger partial charge < -0.3 is 4.90 Å². The van der Waals surface area contributed by atoms with Gasteiger partial charge in [-0.1, -0.05) is 47.5 Å². The number of hydrogen-bond donors (Lipinski definition) is 0. The second-order valence-electron chi connectivity index (χ2n) is 4.75. The average Bonchev–Trinajstić information content (AvgIpc) is 2.87. The number of anilines is 1. The summed E-state index contributed by atoms with van der Waals surface area (Å²) in [4.78, 5) is 6.69. The van der Waals surface area contributed by atoms with E-state index in [9.17, 15) is 0 Å². The van der Waals surface area contributed by atoms with Crippen LogP contribution in [0.2, 0.25) is 5.15 Å². The molecular formula is C15H15ClN2S. The Labute approximate surface area is 122 Å². The maximum atomic E-state index is 5.92. The molecule has 1 aromatic carbocycles. The van der Waals surface area contributed by atoms with Gasteiger partial charge in [0.25, 0.3) is 0 Å². The van der Waals surface area contributed by atoms with E-state index < -0.39 is 0 Å². The van der Waals surface area contributed by atoms with Crippen LogP contribution in [0.15, 0.2) is 41.3 Å². The molecule has 2 heterocycles. The Morgan fingerprint density at radius 1 is 1.26 bits per heavy atom. The van der Waals surface area contributed by atoms with Crippen molar-refractivity contribution in [3.63, 3.8) is 0 Å². The predicted octanol–water partition coefficient (Wildman–Crippen LogP) is 4.48. The van der Waals surface area contributed by atoms with E-state index in [2.05, 4.69) is 47.1 Å². The Hall–Kier alpha value is -1.32. The van der Waals surface area contributed by atoms with Crippen LogP contribution in [0.5, 0.6) is 0 Å². The number of halogens is 1. The molecule has 0 saturated heterocycles. The minimum absolute atomic E-state index is 0.590. The van der Waals surface area contributed by atoms with E-state index in [0.717, 1.165) is 24.6 Å². The van der Waals surface area contributed by atoms with Crippen LogP contribution in [0.25, 0.3) is 5.57 Å².